The summed E-state index contributed by atoms with van der Waals surface area (Å²) >= 11 is 3.46. The van der Waals surface area contributed by atoms with E-state index >= 15 is 0 Å². The second-order valence-corrected chi connectivity index (χ2v) is 5.11. The van der Waals surface area contributed by atoms with Gasteiger partial charge in [0.2, 0.25) is 0 Å². The molecule has 2 heterocycles. The van der Waals surface area contributed by atoms with Crippen molar-refractivity contribution in [3.8, 4) is 6.07 Å². The first kappa shape index (κ1) is 8.21. The van der Waals surface area contributed by atoms with Gasteiger partial charge in [-0.1, -0.05) is 6.08 Å². The summed E-state index contributed by atoms with van der Waals surface area (Å²) in [6.07, 6.45) is 1.98. The lowest BCUT2D eigenvalue weighted by Crippen LogP contribution is -2.19. The van der Waals surface area contributed by atoms with Crippen molar-refractivity contribution in [3.05, 3.63) is 11.6 Å². The van der Waals surface area contributed by atoms with Crippen molar-refractivity contribution in [2.45, 2.75) is 5.25 Å². The molecule has 2 aliphatic heterocycles. The van der Waals surface area contributed by atoms with E-state index in [9.17, 15) is 0 Å². The van der Waals surface area contributed by atoms with Crippen LogP contribution in [0.1, 0.15) is 0 Å². The van der Waals surface area contributed by atoms with Crippen LogP contribution in [0.4, 0.5) is 0 Å². The molecule has 0 spiro atoms. The van der Waals surface area contributed by atoms with Crippen LogP contribution in [-0.2, 0) is 0 Å². The van der Waals surface area contributed by atoms with Gasteiger partial charge in [-0.2, -0.15) is 17.0 Å². The predicted molar refractivity (Wildman–Crippen MR) is 53.6 cm³/mol. The zero-order valence-corrected chi connectivity index (χ0v) is 8.04. The number of rotatable bonds is 0. The van der Waals surface area contributed by atoms with E-state index in [1.807, 2.05) is 17.8 Å². The lowest BCUT2D eigenvalue weighted by atomic mass is 10.1. The van der Waals surface area contributed by atoms with Crippen LogP contribution in [-0.4, -0.2) is 21.8 Å². The molecular weight excluding hydrogens is 188 g/mol. The van der Waals surface area contributed by atoms with E-state index in [1.165, 1.54) is 5.57 Å². The van der Waals surface area contributed by atoms with Crippen molar-refractivity contribution >= 4 is 28.6 Å². The molecule has 0 amide bonds. The van der Waals surface area contributed by atoms with Gasteiger partial charge in [0.25, 0.3) is 0 Å². The van der Waals surface area contributed by atoms with E-state index in [-0.39, 0.29) is 5.92 Å². The molecular formula is C8H8N2S2. The Morgan fingerprint density at radius 1 is 1.67 bits per heavy atom. The molecule has 0 saturated carbocycles. The third kappa shape index (κ3) is 1.27. The average molecular weight is 196 g/mol. The molecule has 4 heteroatoms. The van der Waals surface area contributed by atoms with Crippen LogP contribution in [0.25, 0.3) is 0 Å². The van der Waals surface area contributed by atoms with Gasteiger partial charge >= 0.3 is 0 Å². The molecule has 12 heavy (non-hydrogen) atoms. The molecule has 2 rings (SSSR count). The monoisotopic (exact) mass is 196 g/mol. The van der Waals surface area contributed by atoms with Crippen molar-refractivity contribution < 1.29 is 0 Å². The van der Waals surface area contributed by atoms with E-state index in [0.717, 1.165) is 11.5 Å². The standard InChI is InChI=1S/C8H8N2S2/c9-2-5-1-6-3-11-4-7(6)12-8(5)10/h1,5,7,10H,3-4H2/t5-,7-/m1/s1. The normalized spacial score (nSPS) is 33.9. The third-order valence-corrected chi connectivity index (χ3v) is 4.60. The van der Waals surface area contributed by atoms with Crippen molar-refractivity contribution in [3.63, 3.8) is 0 Å². The maximum atomic E-state index is 8.73. The molecule has 2 atom stereocenters. The zero-order valence-electron chi connectivity index (χ0n) is 6.41. The van der Waals surface area contributed by atoms with Gasteiger partial charge in [-0.05, 0) is 5.57 Å². The van der Waals surface area contributed by atoms with Gasteiger partial charge in [0, 0.05) is 16.8 Å². The van der Waals surface area contributed by atoms with Crippen LogP contribution in [0.5, 0.6) is 0 Å². The number of nitrogens with zero attached hydrogens (tertiary/aromatic N) is 1. The predicted octanol–water partition coefficient (Wildman–Crippen LogP) is 1.89. The Labute approximate surface area is 79.9 Å². The minimum Gasteiger partial charge on any atom is -0.297 e. The molecule has 1 fully saturated rings. The molecule has 0 aromatic carbocycles. The van der Waals surface area contributed by atoms with Gasteiger partial charge < -0.3 is 0 Å². The van der Waals surface area contributed by atoms with Gasteiger partial charge in [-0.3, -0.25) is 5.41 Å². The summed E-state index contributed by atoms with van der Waals surface area (Å²) in [7, 11) is 0. The van der Waals surface area contributed by atoms with Gasteiger partial charge in [0.1, 0.15) is 5.92 Å². The van der Waals surface area contributed by atoms with Gasteiger partial charge in [-0.25, -0.2) is 0 Å². The van der Waals surface area contributed by atoms with Crippen LogP contribution in [0.2, 0.25) is 0 Å². The number of thioether (sulfide) groups is 2. The number of nitrogens with one attached hydrogen (secondary N) is 1. The van der Waals surface area contributed by atoms with Crippen molar-refractivity contribution in [1.29, 1.82) is 10.7 Å². The van der Waals surface area contributed by atoms with Gasteiger partial charge in [0.05, 0.1) is 11.1 Å². The van der Waals surface area contributed by atoms with Crippen LogP contribution in [0.3, 0.4) is 0 Å². The lowest BCUT2D eigenvalue weighted by molar-refractivity contribution is 1.06. The SMILES string of the molecule is N#C[C@H]1C=C2CSC[C@H]2SC1=N. The van der Waals surface area contributed by atoms with Crippen LogP contribution >= 0.6 is 23.5 Å². The molecule has 62 valence electrons. The fourth-order valence-corrected chi connectivity index (χ4v) is 3.99. The molecule has 1 N–H and O–H groups in total. The summed E-state index contributed by atoms with van der Waals surface area (Å²) in [6, 6.07) is 2.14. The zero-order chi connectivity index (χ0) is 8.55. The minimum absolute atomic E-state index is 0.264. The number of nitriles is 1. The summed E-state index contributed by atoms with van der Waals surface area (Å²) in [5.74, 6) is 1.90. The van der Waals surface area contributed by atoms with E-state index in [0.29, 0.717) is 10.3 Å². The molecule has 0 radical (unpaired) electrons. The maximum absolute atomic E-state index is 8.73. The van der Waals surface area contributed by atoms with Crippen LogP contribution < -0.4 is 0 Å². The molecule has 2 aliphatic rings. The Morgan fingerprint density at radius 2 is 2.50 bits per heavy atom. The van der Waals surface area contributed by atoms with E-state index in [4.69, 9.17) is 10.7 Å². The Bertz CT molecular complexity index is 290. The molecule has 0 aliphatic carbocycles. The van der Waals surface area contributed by atoms with E-state index in [2.05, 4.69) is 6.07 Å². The topological polar surface area (TPSA) is 47.6 Å². The fraction of sp³-hybridized carbons (Fsp3) is 0.500. The minimum atomic E-state index is -0.264. The Hall–Kier alpha value is -0.400. The molecule has 0 aromatic rings. The first-order valence-electron chi connectivity index (χ1n) is 3.74. The maximum Gasteiger partial charge on any atom is 0.112 e. The number of allylic oxidation sites excluding steroid dienone is 1. The average Bonchev–Trinajstić information content (AvgIpc) is 2.49. The number of fused-ring (bicyclic) bond motifs is 1. The second kappa shape index (κ2) is 3.15. The lowest BCUT2D eigenvalue weighted by Gasteiger charge is -2.19. The fourth-order valence-electron chi connectivity index (χ4n) is 1.36. The van der Waals surface area contributed by atoms with Crippen LogP contribution in [0.15, 0.2) is 11.6 Å². The Balaban J connectivity index is 2.27. The van der Waals surface area contributed by atoms with Crippen molar-refractivity contribution in [2.75, 3.05) is 11.5 Å². The van der Waals surface area contributed by atoms with Gasteiger partial charge in [0.15, 0.2) is 0 Å². The third-order valence-electron chi connectivity index (χ3n) is 2.02. The summed E-state index contributed by atoms with van der Waals surface area (Å²) in [5, 5.41) is 17.3. The number of hydrogen-bond acceptors (Lipinski definition) is 4. The Morgan fingerprint density at radius 3 is 3.25 bits per heavy atom. The molecule has 2 nitrogen and oxygen atoms in total. The summed E-state index contributed by atoms with van der Waals surface area (Å²) in [5.41, 5.74) is 1.37. The first-order chi connectivity index (χ1) is 5.81. The van der Waals surface area contributed by atoms with Crippen molar-refractivity contribution in [2.24, 2.45) is 5.92 Å². The molecule has 0 aromatic heterocycles. The summed E-state index contributed by atoms with van der Waals surface area (Å²) < 4.78 is 0. The van der Waals surface area contributed by atoms with E-state index in [1.54, 1.807) is 11.8 Å². The van der Waals surface area contributed by atoms with E-state index < -0.39 is 0 Å². The highest BCUT2D eigenvalue weighted by molar-refractivity contribution is 8.15. The second-order valence-electron chi connectivity index (χ2n) is 2.83. The van der Waals surface area contributed by atoms with Crippen molar-refractivity contribution in [1.82, 2.24) is 0 Å². The highest BCUT2D eigenvalue weighted by atomic mass is 32.2. The first-order valence-corrected chi connectivity index (χ1v) is 5.77. The molecule has 0 bridgehead atoms. The smallest absolute Gasteiger partial charge is 0.112 e. The van der Waals surface area contributed by atoms with Crippen LogP contribution in [0, 0.1) is 22.7 Å². The largest absolute Gasteiger partial charge is 0.297 e. The quantitative estimate of drug-likeness (QED) is 0.602. The molecule has 0 unspecified atom stereocenters. The molecule has 1 saturated heterocycles. The Kier molecular flexibility index (Phi) is 2.16. The highest BCUT2D eigenvalue weighted by Gasteiger charge is 2.30. The number of hydrogen-bond donors (Lipinski definition) is 1. The van der Waals surface area contributed by atoms with Gasteiger partial charge in [-0.15, -0.1) is 11.8 Å². The highest BCUT2D eigenvalue weighted by Crippen LogP contribution is 2.39. The summed E-state index contributed by atoms with van der Waals surface area (Å²) in [4.78, 5) is 0. The summed E-state index contributed by atoms with van der Waals surface area (Å²) in [6.45, 7) is 0.